The van der Waals surface area contributed by atoms with Gasteiger partial charge in [0.15, 0.2) is 0 Å². The van der Waals surface area contributed by atoms with Crippen LogP contribution >= 0.6 is 11.8 Å². The fourth-order valence-corrected chi connectivity index (χ4v) is 5.07. The number of hydrogen-bond acceptors (Lipinski definition) is 3. The van der Waals surface area contributed by atoms with E-state index in [4.69, 9.17) is 5.11 Å². The lowest BCUT2D eigenvalue weighted by atomic mass is 9.92. The third-order valence-corrected chi connectivity index (χ3v) is 5.96. The van der Waals surface area contributed by atoms with Gasteiger partial charge in [-0.15, -0.1) is 11.8 Å². The Hall–Kier alpha value is -1.49. The second-order valence-electron chi connectivity index (χ2n) is 5.79. The SMILES string of the molecule is C[C@@H]1SC2(CCCCC2)N(c2ccc(C(=O)O)cc2)C1=O. The summed E-state index contributed by atoms with van der Waals surface area (Å²) in [4.78, 5) is 25.3. The van der Waals surface area contributed by atoms with E-state index in [2.05, 4.69) is 0 Å². The van der Waals surface area contributed by atoms with Gasteiger partial charge in [-0.1, -0.05) is 19.3 Å². The quantitative estimate of drug-likeness (QED) is 0.908. The molecule has 1 aromatic rings. The van der Waals surface area contributed by atoms with Crippen molar-refractivity contribution in [1.82, 2.24) is 0 Å². The number of benzene rings is 1. The molecule has 0 unspecified atom stereocenters. The molecule has 1 aliphatic carbocycles. The van der Waals surface area contributed by atoms with Crippen LogP contribution in [0.25, 0.3) is 0 Å². The minimum atomic E-state index is -0.940. The van der Waals surface area contributed by atoms with Crippen molar-refractivity contribution in [3.05, 3.63) is 29.8 Å². The van der Waals surface area contributed by atoms with Crippen LogP contribution in [-0.2, 0) is 4.79 Å². The molecule has 1 aromatic carbocycles. The molecule has 112 valence electrons. The van der Waals surface area contributed by atoms with Crippen LogP contribution in [0.15, 0.2) is 24.3 Å². The van der Waals surface area contributed by atoms with Gasteiger partial charge < -0.3 is 5.11 Å². The van der Waals surface area contributed by atoms with Crippen LogP contribution < -0.4 is 4.90 Å². The molecule has 1 N–H and O–H groups in total. The Morgan fingerprint density at radius 3 is 2.43 bits per heavy atom. The van der Waals surface area contributed by atoms with Crippen LogP contribution in [0.5, 0.6) is 0 Å². The van der Waals surface area contributed by atoms with Crippen LogP contribution in [0.4, 0.5) is 5.69 Å². The summed E-state index contributed by atoms with van der Waals surface area (Å²) in [5.41, 5.74) is 1.08. The van der Waals surface area contributed by atoms with Gasteiger partial charge in [0, 0.05) is 5.69 Å². The molecule has 1 heterocycles. The third kappa shape index (κ3) is 2.44. The van der Waals surface area contributed by atoms with Crippen LogP contribution in [0, 0.1) is 0 Å². The number of carboxylic acids is 1. The van der Waals surface area contributed by atoms with E-state index < -0.39 is 5.97 Å². The molecule has 0 aromatic heterocycles. The maximum atomic E-state index is 12.6. The number of anilines is 1. The lowest BCUT2D eigenvalue weighted by Crippen LogP contribution is -2.46. The first kappa shape index (κ1) is 14.4. The highest BCUT2D eigenvalue weighted by Gasteiger charge is 2.50. The van der Waals surface area contributed by atoms with Crippen molar-refractivity contribution in [2.75, 3.05) is 4.90 Å². The number of carbonyl (C=O) groups is 2. The fourth-order valence-electron chi connectivity index (χ4n) is 3.38. The molecule has 0 bridgehead atoms. The molecule has 1 saturated heterocycles. The molecule has 4 nitrogen and oxygen atoms in total. The first-order chi connectivity index (χ1) is 10.0. The van der Waals surface area contributed by atoms with E-state index in [0.717, 1.165) is 31.4 Å². The summed E-state index contributed by atoms with van der Waals surface area (Å²) in [5, 5.41) is 8.97. The number of amides is 1. The highest BCUT2D eigenvalue weighted by molar-refractivity contribution is 8.02. The number of carboxylic acid groups (broad SMARTS) is 1. The standard InChI is InChI=1S/C16H19NO3S/c1-11-14(18)17(16(21-11)9-3-2-4-10-16)13-7-5-12(6-8-13)15(19)20/h5-8,11H,2-4,9-10H2,1H3,(H,19,20)/t11-/m0/s1. The van der Waals surface area contributed by atoms with Crippen LogP contribution in [0.3, 0.4) is 0 Å². The summed E-state index contributed by atoms with van der Waals surface area (Å²) in [6, 6.07) is 6.68. The van der Waals surface area contributed by atoms with E-state index in [1.165, 1.54) is 6.42 Å². The summed E-state index contributed by atoms with van der Waals surface area (Å²) in [5.74, 6) is -0.797. The fraction of sp³-hybridized carbons (Fsp3) is 0.500. The molecule has 2 aliphatic rings. The summed E-state index contributed by atoms with van der Waals surface area (Å²) < 4.78 is 0. The van der Waals surface area contributed by atoms with Crippen molar-refractivity contribution in [3.8, 4) is 0 Å². The van der Waals surface area contributed by atoms with E-state index >= 15 is 0 Å². The first-order valence-electron chi connectivity index (χ1n) is 7.39. The van der Waals surface area contributed by atoms with Gasteiger partial charge in [-0.25, -0.2) is 4.79 Å². The summed E-state index contributed by atoms with van der Waals surface area (Å²) >= 11 is 1.77. The van der Waals surface area contributed by atoms with Crippen LogP contribution in [0.2, 0.25) is 0 Å². The zero-order valence-electron chi connectivity index (χ0n) is 12.0. The largest absolute Gasteiger partial charge is 0.478 e. The zero-order valence-corrected chi connectivity index (χ0v) is 12.9. The van der Waals surface area contributed by atoms with E-state index in [1.54, 1.807) is 36.0 Å². The predicted octanol–water partition coefficient (Wildman–Crippen LogP) is 3.51. The molecule has 1 saturated carbocycles. The Morgan fingerprint density at radius 1 is 1.24 bits per heavy atom. The van der Waals surface area contributed by atoms with Crippen LogP contribution in [-0.4, -0.2) is 27.1 Å². The van der Waals surface area contributed by atoms with Gasteiger partial charge >= 0.3 is 5.97 Å². The van der Waals surface area contributed by atoms with Gasteiger partial charge in [0.25, 0.3) is 0 Å². The van der Waals surface area contributed by atoms with Gasteiger partial charge in [-0.3, -0.25) is 9.69 Å². The van der Waals surface area contributed by atoms with Crippen molar-refractivity contribution in [2.24, 2.45) is 0 Å². The highest BCUT2D eigenvalue weighted by atomic mass is 32.2. The maximum absolute atomic E-state index is 12.6. The van der Waals surface area contributed by atoms with Gasteiger partial charge in [0.1, 0.15) is 0 Å². The number of rotatable bonds is 2. The van der Waals surface area contributed by atoms with E-state index in [9.17, 15) is 9.59 Å². The molecular weight excluding hydrogens is 286 g/mol. The summed E-state index contributed by atoms with van der Waals surface area (Å²) in [7, 11) is 0. The van der Waals surface area contributed by atoms with Gasteiger partial charge in [0.05, 0.1) is 15.7 Å². The number of thioether (sulfide) groups is 1. The molecule has 3 rings (SSSR count). The molecule has 21 heavy (non-hydrogen) atoms. The Bertz CT molecular complexity index is 563. The van der Waals surface area contributed by atoms with Gasteiger partial charge in [-0.2, -0.15) is 0 Å². The lowest BCUT2D eigenvalue weighted by Gasteiger charge is -2.40. The Morgan fingerprint density at radius 2 is 1.86 bits per heavy atom. The average molecular weight is 305 g/mol. The Balaban J connectivity index is 1.96. The average Bonchev–Trinajstić information content (AvgIpc) is 2.71. The van der Waals surface area contributed by atoms with E-state index in [0.29, 0.717) is 0 Å². The molecule has 1 spiro atoms. The molecule has 2 fully saturated rings. The van der Waals surface area contributed by atoms with Crippen LogP contribution in [0.1, 0.15) is 49.4 Å². The Labute approximate surface area is 128 Å². The van der Waals surface area contributed by atoms with Gasteiger partial charge in [0.2, 0.25) is 5.91 Å². The van der Waals surface area contributed by atoms with Crippen molar-refractivity contribution >= 4 is 29.3 Å². The predicted molar refractivity (Wildman–Crippen MR) is 83.8 cm³/mol. The normalized spacial score (nSPS) is 24.5. The molecular formula is C16H19NO3S. The van der Waals surface area contributed by atoms with E-state index in [-0.39, 0.29) is 21.6 Å². The first-order valence-corrected chi connectivity index (χ1v) is 8.27. The number of carbonyl (C=O) groups excluding carboxylic acids is 1. The number of aromatic carboxylic acids is 1. The topological polar surface area (TPSA) is 57.6 Å². The second-order valence-corrected chi connectivity index (χ2v) is 7.50. The summed E-state index contributed by atoms with van der Waals surface area (Å²) in [6.45, 7) is 1.97. The molecule has 1 aliphatic heterocycles. The molecule has 5 heteroatoms. The van der Waals surface area contributed by atoms with Gasteiger partial charge in [-0.05, 0) is 44.0 Å². The van der Waals surface area contributed by atoms with Crippen molar-refractivity contribution in [3.63, 3.8) is 0 Å². The van der Waals surface area contributed by atoms with Crippen molar-refractivity contribution < 1.29 is 14.7 Å². The highest BCUT2D eigenvalue weighted by Crippen LogP contribution is 2.51. The number of hydrogen-bond donors (Lipinski definition) is 1. The second kappa shape index (κ2) is 5.37. The molecule has 1 atom stereocenters. The maximum Gasteiger partial charge on any atom is 0.335 e. The smallest absolute Gasteiger partial charge is 0.335 e. The van der Waals surface area contributed by atoms with E-state index in [1.807, 2.05) is 11.8 Å². The lowest BCUT2D eigenvalue weighted by molar-refractivity contribution is -0.117. The minimum Gasteiger partial charge on any atom is -0.478 e. The summed E-state index contributed by atoms with van der Waals surface area (Å²) in [6.07, 6.45) is 5.58. The monoisotopic (exact) mass is 305 g/mol. The van der Waals surface area contributed by atoms with Crippen molar-refractivity contribution in [1.29, 1.82) is 0 Å². The molecule has 1 amide bonds. The molecule has 0 radical (unpaired) electrons. The minimum absolute atomic E-state index is 0.0257. The van der Waals surface area contributed by atoms with Crippen molar-refractivity contribution in [2.45, 2.75) is 49.1 Å². The third-order valence-electron chi connectivity index (χ3n) is 4.38. The number of nitrogens with zero attached hydrogens (tertiary/aromatic N) is 1. The zero-order chi connectivity index (χ0) is 15.0. The Kier molecular flexibility index (Phi) is 3.69.